The van der Waals surface area contributed by atoms with Crippen LogP contribution in [0.15, 0.2) is 84.9 Å². The number of aromatic carboxylic acids is 1. The maximum absolute atomic E-state index is 12.0. The first kappa shape index (κ1) is 20.1. The highest BCUT2D eigenvalue weighted by atomic mass is 16.4. The van der Waals surface area contributed by atoms with Gasteiger partial charge in [0.1, 0.15) is 5.82 Å². The number of benzene rings is 3. The zero-order chi connectivity index (χ0) is 21.6. The van der Waals surface area contributed by atoms with Crippen molar-refractivity contribution in [1.29, 1.82) is 0 Å². The SMILES string of the molecule is Cc1ccc(-n2c(/C=C/c3ccccc3)nc(C(=O)O)c2/C=C/c2ccccc2)cc1. The molecule has 3 aromatic carbocycles. The summed E-state index contributed by atoms with van der Waals surface area (Å²) in [7, 11) is 0. The average molecular weight is 406 g/mol. The van der Waals surface area contributed by atoms with Gasteiger partial charge in [-0.2, -0.15) is 0 Å². The highest BCUT2D eigenvalue weighted by molar-refractivity contribution is 5.92. The lowest BCUT2D eigenvalue weighted by Gasteiger charge is -2.09. The maximum atomic E-state index is 12.0. The lowest BCUT2D eigenvalue weighted by molar-refractivity contribution is 0.0690. The first-order valence-electron chi connectivity index (χ1n) is 10.0. The van der Waals surface area contributed by atoms with Gasteiger partial charge in [-0.15, -0.1) is 0 Å². The van der Waals surface area contributed by atoms with Crippen LogP contribution < -0.4 is 0 Å². The van der Waals surface area contributed by atoms with Crippen LogP contribution in [0.25, 0.3) is 30.0 Å². The molecular formula is C27H22N2O2. The molecular weight excluding hydrogens is 384 g/mol. The van der Waals surface area contributed by atoms with Gasteiger partial charge in [-0.3, -0.25) is 4.57 Å². The second-order valence-electron chi connectivity index (χ2n) is 7.17. The Balaban J connectivity index is 1.88. The van der Waals surface area contributed by atoms with E-state index in [1.54, 1.807) is 0 Å². The predicted octanol–water partition coefficient (Wildman–Crippen LogP) is 6.22. The van der Waals surface area contributed by atoms with Crippen molar-refractivity contribution in [2.45, 2.75) is 6.92 Å². The molecule has 0 bridgehead atoms. The van der Waals surface area contributed by atoms with Crippen molar-refractivity contribution in [2.75, 3.05) is 0 Å². The number of rotatable bonds is 6. The third-order valence-corrected chi connectivity index (χ3v) is 4.89. The van der Waals surface area contributed by atoms with Gasteiger partial charge in [-0.25, -0.2) is 9.78 Å². The van der Waals surface area contributed by atoms with E-state index in [4.69, 9.17) is 0 Å². The number of carbonyl (C=O) groups is 1. The molecule has 0 saturated carbocycles. The molecule has 0 aliphatic rings. The van der Waals surface area contributed by atoms with Crippen molar-refractivity contribution in [1.82, 2.24) is 9.55 Å². The monoisotopic (exact) mass is 406 g/mol. The van der Waals surface area contributed by atoms with Crippen LogP contribution in [0.3, 0.4) is 0 Å². The van der Waals surface area contributed by atoms with Crippen LogP contribution in [0, 0.1) is 6.92 Å². The van der Waals surface area contributed by atoms with E-state index in [-0.39, 0.29) is 5.69 Å². The summed E-state index contributed by atoms with van der Waals surface area (Å²) in [5.41, 5.74) is 4.51. The molecule has 0 aliphatic carbocycles. The van der Waals surface area contributed by atoms with Gasteiger partial charge in [0.2, 0.25) is 0 Å². The second-order valence-corrected chi connectivity index (χ2v) is 7.17. The van der Waals surface area contributed by atoms with Crippen LogP contribution in [0.4, 0.5) is 0 Å². The molecule has 0 fully saturated rings. The normalized spacial score (nSPS) is 11.4. The standard InChI is InChI=1S/C27H22N2O2/c1-20-12-16-23(17-13-20)29-24(18-14-21-8-4-2-5-9-21)26(27(30)31)28-25(29)19-15-22-10-6-3-7-11-22/h2-19H,1H3,(H,30,31)/b18-14+,19-15+. The fraction of sp³-hybridized carbons (Fsp3) is 0.0370. The molecule has 4 heteroatoms. The van der Waals surface area contributed by atoms with E-state index in [0.717, 1.165) is 22.4 Å². The van der Waals surface area contributed by atoms with E-state index in [1.165, 1.54) is 0 Å². The molecule has 0 spiro atoms. The van der Waals surface area contributed by atoms with Gasteiger partial charge in [-0.1, -0.05) is 90.5 Å². The largest absolute Gasteiger partial charge is 0.476 e. The molecule has 0 atom stereocenters. The number of carboxylic acids is 1. The van der Waals surface area contributed by atoms with Crippen LogP contribution in [-0.4, -0.2) is 20.6 Å². The third-order valence-electron chi connectivity index (χ3n) is 4.89. The maximum Gasteiger partial charge on any atom is 0.356 e. The Morgan fingerprint density at radius 3 is 1.87 bits per heavy atom. The van der Waals surface area contributed by atoms with Crippen LogP contribution in [0.1, 0.15) is 38.7 Å². The minimum atomic E-state index is -1.06. The van der Waals surface area contributed by atoms with Crippen LogP contribution in [0.5, 0.6) is 0 Å². The van der Waals surface area contributed by atoms with Gasteiger partial charge in [0, 0.05) is 5.69 Å². The highest BCUT2D eigenvalue weighted by Crippen LogP contribution is 2.23. The molecule has 0 aliphatic heterocycles. The van der Waals surface area contributed by atoms with Crippen molar-refractivity contribution in [2.24, 2.45) is 0 Å². The smallest absolute Gasteiger partial charge is 0.356 e. The topological polar surface area (TPSA) is 55.1 Å². The average Bonchev–Trinajstić information content (AvgIpc) is 3.17. The van der Waals surface area contributed by atoms with E-state index < -0.39 is 5.97 Å². The van der Waals surface area contributed by atoms with E-state index in [1.807, 2.05) is 121 Å². The van der Waals surface area contributed by atoms with Crippen LogP contribution in [-0.2, 0) is 0 Å². The fourth-order valence-electron chi connectivity index (χ4n) is 3.31. The summed E-state index contributed by atoms with van der Waals surface area (Å²) in [4.78, 5) is 16.5. The van der Waals surface area contributed by atoms with Gasteiger partial charge in [-0.05, 0) is 42.3 Å². The van der Waals surface area contributed by atoms with E-state index in [0.29, 0.717) is 11.5 Å². The lowest BCUT2D eigenvalue weighted by atomic mass is 10.1. The third kappa shape index (κ3) is 4.70. The van der Waals surface area contributed by atoms with Crippen molar-refractivity contribution in [3.8, 4) is 5.69 Å². The molecule has 4 aromatic rings. The summed E-state index contributed by atoms with van der Waals surface area (Å²) in [5.74, 6) is -0.509. The summed E-state index contributed by atoms with van der Waals surface area (Å²) in [6, 6.07) is 27.6. The predicted molar refractivity (Wildman–Crippen MR) is 126 cm³/mol. The van der Waals surface area contributed by atoms with Gasteiger partial charge < -0.3 is 5.11 Å². The molecule has 1 aromatic heterocycles. The molecule has 0 unspecified atom stereocenters. The second kappa shape index (κ2) is 9.09. The van der Waals surface area contributed by atoms with Crippen molar-refractivity contribution in [3.63, 3.8) is 0 Å². The number of aromatic nitrogens is 2. The molecule has 4 nitrogen and oxygen atoms in total. The molecule has 0 amide bonds. The molecule has 0 saturated heterocycles. The number of nitrogens with zero attached hydrogens (tertiary/aromatic N) is 2. The Kier molecular flexibility index (Phi) is 5.90. The van der Waals surface area contributed by atoms with Gasteiger partial charge in [0.05, 0.1) is 5.69 Å². The number of imidazole rings is 1. The number of carboxylic acid groups (broad SMARTS) is 1. The van der Waals surface area contributed by atoms with Crippen molar-refractivity contribution < 1.29 is 9.90 Å². The Labute approximate surface area is 181 Å². The summed E-state index contributed by atoms with van der Waals surface area (Å²) in [6.45, 7) is 2.02. The van der Waals surface area contributed by atoms with E-state index in [2.05, 4.69) is 4.98 Å². The minimum absolute atomic E-state index is 0.0143. The summed E-state index contributed by atoms with van der Waals surface area (Å²) >= 11 is 0. The number of hydrogen-bond acceptors (Lipinski definition) is 2. The Bertz CT molecular complexity index is 1240. The summed E-state index contributed by atoms with van der Waals surface area (Å²) in [6.07, 6.45) is 7.50. The zero-order valence-corrected chi connectivity index (χ0v) is 17.1. The number of aryl methyl sites for hydroxylation is 1. The quantitative estimate of drug-likeness (QED) is 0.413. The number of hydrogen-bond donors (Lipinski definition) is 1. The van der Waals surface area contributed by atoms with Crippen molar-refractivity contribution in [3.05, 3.63) is 119 Å². The zero-order valence-electron chi connectivity index (χ0n) is 17.1. The molecule has 0 radical (unpaired) electrons. The van der Waals surface area contributed by atoms with Crippen LogP contribution >= 0.6 is 0 Å². The highest BCUT2D eigenvalue weighted by Gasteiger charge is 2.20. The Morgan fingerprint density at radius 1 is 0.774 bits per heavy atom. The fourth-order valence-corrected chi connectivity index (χ4v) is 3.31. The van der Waals surface area contributed by atoms with Gasteiger partial charge >= 0.3 is 5.97 Å². The summed E-state index contributed by atoms with van der Waals surface area (Å²) < 4.78 is 1.88. The summed E-state index contributed by atoms with van der Waals surface area (Å²) in [5, 5.41) is 9.84. The molecule has 1 heterocycles. The Morgan fingerprint density at radius 2 is 1.32 bits per heavy atom. The molecule has 31 heavy (non-hydrogen) atoms. The molecule has 1 N–H and O–H groups in total. The first-order chi connectivity index (χ1) is 15.1. The first-order valence-corrected chi connectivity index (χ1v) is 10.0. The van der Waals surface area contributed by atoms with Crippen LogP contribution in [0.2, 0.25) is 0 Å². The van der Waals surface area contributed by atoms with E-state index in [9.17, 15) is 9.90 Å². The molecule has 152 valence electrons. The minimum Gasteiger partial charge on any atom is -0.476 e. The van der Waals surface area contributed by atoms with E-state index >= 15 is 0 Å². The van der Waals surface area contributed by atoms with Crippen molar-refractivity contribution >= 4 is 30.3 Å². The molecule has 4 rings (SSSR count). The van der Waals surface area contributed by atoms with Gasteiger partial charge in [0.15, 0.2) is 5.69 Å². The Hall–Kier alpha value is -4.18. The van der Waals surface area contributed by atoms with Gasteiger partial charge in [0.25, 0.3) is 0 Å². The lowest BCUT2D eigenvalue weighted by Crippen LogP contribution is -2.03.